The van der Waals surface area contributed by atoms with Gasteiger partial charge in [0.1, 0.15) is 0 Å². The SMILES string of the molecule is C[Si](C)(O)CC[Si](C)(C)O. The molecule has 0 saturated heterocycles. The Morgan fingerprint density at radius 1 is 0.800 bits per heavy atom. The topological polar surface area (TPSA) is 40.5 Å². The van der Waals surface area contributed by atoms with Crippen LogP contribution in [0.1, 0.15) is 0 Å². The van der Waals surface area contributed by atoms with Gasteiger partial charge in [-0.15, -0.1) is 0 Å². The summed E-state index contributed by atoms with van der Waals surface area (Å²) in [6.07, 6.45) is 0. The normalized spacial score (nSPS) is 13.8. The predicted molar refractivity (Wildman–Crippen MR) is 49.0 cm³/mol. The Bertz CT molecular complexity index is 87.3. The molecule has 0 aliphatic heterocycles. The fourth-order valence-corrected chi connectivity index (χ4v) is 5.51. The second-order valence-electron chi connectivity index (χ2n) is 4.12. The van der Waals surface area contributed by atoms with Gasteiger partial charge in [0.25, 0.3) is 0 Å². The van der Waals surface area contributed by atoms with Crippen molar-refractivity contribution in [3.8, 4) is 0 Å². The molecule has 2 N–H and O–H groups in total. The van der Waals surface area contributed by atoms with Gasteiger partial charge in [0.15, 0.2) is 16.6 Å². The van der Waals surface area contributed by atoms with Gasteiger partial charge in [-0.2, -0.15) is 0 Å². The Morgan fingerprint density at radius 2 is 1.00 bits per heavy atom. The first-order valence-electron chi connectivity index (χ1n) is 3.65. The highest BCUT2D eigenvalue weighted by Gasteiger charge is 2.23. The molecule has 4 heteroatoms. The van der Waals surface area contributed by atoms with E-state index in [4.69, 9.17) is 0 Å². The third-order valence-corrected chi connectivity index (χ3v) is 4.80. The molecule has 0 aromatic heterocycles. The van der Waals surface area contributed by atoms with E-state index in [-0.39, 0.29) is 0 Å². The third-order valence-electron chi connectivity index (χ3n) is 1.35. The summed E-state index contributed by atoms with van der Waals surface area (Å²) in [5.74, 6) is 0. The number of rotatable bonds is 3. The molecule has 0 bridgehead atoms. The van der Waals surface area contributed by atoms with Gasteiger partial charge in [-0.3, -0.25) is 0 Å². The molecule has 0 unspecified atom stereocenters. The van der Waals surface area contributed by atoms with Gasteiger partial charge in [0, 0.05) is 0 Å². The van der Waals surface area contributed by atoms with Crippen molar-refractivity contribution in [1.29, 1.82) is 0 Å². The summed E-state index contributed by atoms with van der Waals surface area (Å²) in [4.78, 5) is 18.9. The zero-order valence-corrected chi connectivity index (χ0v) is 9.31. The summed E-state index contributed by atoms with van der Waals surface area (Å²) in [5.41, 5.74) is 0. The molecule has 0 aliphatic rings. The summed E-state index contributed by atoms with van der Waals surface area (Å²) >= 11 is 0. The first-order valence-corrected chi connectivity index (χ1v) is 9.96. The molecule has 0 heterocycles. The molecule has 0 radical (unpaired) electrons. The molecule has 0 rings (SSSR count). The Balaban J connectivity index is 3.56. The largest absolute Gasteiger partial charge is 0.432 e. The first kappa shape index (κ1) is 10.4. The lowest BCUT2D eigenvalue weighted by Crippen LogP contribution is -2.32. The predicted octanol–water partition coefficient (Wildman–Crippen LogP) is 1.38. The van der Waals surface area contributed by atoms with Crippen molar-refractivity contribution >= 4 is 16.6 Å². The van der Waals surface area contributed by atoms with Crippen molar-refractivity contribution in [3.05, 3.63) is 0 Å². The van der Waals surface area contributed by atoms with Crippen molar-refractivity contribution in [1.82, 2.24) is 0 Å². The van der Waals surface area contributed by atoms with Gasteiger partial charge in [0.05, 0.1) is 0 Å². The van der Waals surface area contributed by atoms with E-state index < -0.39 is 16.6 Å². The molecule has 0 aliphatic carbocycles. The van der Waals surface area contributed by atoms with E-state index in [9.17, 15) is 9.59 Å². The van der Waals surface area contributed by atoms with Crippen LogP contribution in [-0.4, -0.2) is 26.2 Å². The molecule has 0 aromatic rings. The second kappa shape index (κ2) is 3.17. The van der Waals surface area contributed by atoms with Gasteiger partial charge >= 0.3 is 0 Å². The molecule has 62 valence electrons. The fraction of sp³-hybridized carbons (Fsp3) is 1.00. The van der Waals surface area contributed by atoms with Crippen molar-refractivity contribution in [2.45, 2.75) is 38.3 Å². The average Bonchev–Trinajstić information content (AvgIpc) is 1.57. The average molecular weight is 178 g/mol. The van der Waals surface area contributed by atoms with Crippen molar-refractivity contribution in [2.75, 3.05) is 0 Å². The van der Waals surface area contributed by atoms with Crippen LogP contribution in [0.5, 0.6) is 0 Å². The Kier molecular flexibility index (Phi) is 3.28. The van der Waals surface area contributed by atoms with E-state index in [2.05, 4.69) is 0 Å². The highest BCUT2D eigenvalue weighted by Crippen LogP contribution is 2.15. The van der Waals surface area contributed by atoms with Crippen LogP contribution in [-0.2, 0) is 0 Å². The first-order chi connectivity index (χ1) is 4.21. The van der Waals surface area contributed by atoms with Gasteiger partial charge in [-0.1, -0.05) is 0 Å². The highest BCUT2D eigenvalue weighted by molar-refractivity contribution is 6.75. The molecule has 0 saturated carbocycles. The smallest absolute Gasteiger partial charge is 0.182 e. The molecule has 0 amide bonds. The van der Waals surface area contributed by atoms with E-state index in [0.29, 0.717) is 0 Å². The minimum absolute atomic E-state index is 0.836. The molecule has 0 spiro atoms. The van der Waals surface area contributed by atoms with E-state index in [1.807, 2.05) is 26.2 Å². The Morgan fingerprint density at radius 3 is 1.10 bits per heavy atom. The van der Waals surface area contributed by atoms with E-state index in [1.54, 1.807) is 0 Å². The molecular formula is C6H18O2Si2. The molecular weight excluding hydrogens is 160 g/mol. The van der Waals surface area contributed by atoms with Crippen LogP contribution >= 0.6 is 0 Å². The molecule has 0 aromatic carbocycles. The molecule has 0 fully saturated rings. The lowest BCUT2D eigenvalue weighted by molar-refractivity contribution is 0.532. The summed E-state index contributed by atoms with van der Waals surface area (Å²) < 4.78 is 0. The zero-order valence-electron chi connectivity index (χ0n) is 7.31. The van der Waals surface area contributed by atoms with Crippen LogP contribution < -0.4 is 0 Å². The van der Waals surface area contributed by atoms with E-state index >= 15 is 0 Å². The Hall–Kier alpha value is 0.354. The molecule has 2 nitrogen and oxygen atoms in total. The van der Waals surface area contributed by atoms with Gasteiger partial charge in [0.2, 0.25) is 0 Å². The minimum Gasteiger partial charge on any atom is -0.432 e. The second-order valence-corrected chi connectivity index (χ2v) is 12.4. The maximum absolute atomic E-state index is 9.43. The van der Waals surface area contributed by atoms with Gasteiger partial charge in [-0.25, -0.2) is 0 Å². The van der Waals surface area contributed by atoms with Crippen molar-refractivity contribution in [2.24, 2.45) is 0 Å². The van der Waals surface area contributed by atoms with Crippen LogP contribution in [0.25, 0.3) is 0 Å². The molecule has 0 atom stereocenters. The van der Waals surface area contributed by atoms with Crippen molar-refractivity contribution < 1.29 is 9.59 Å². The fourth-order valence-electron chi connectivity index (χ4n) is 0.612. The van der Waals surface area contributed by atoms with Gasteiger partial charge < -0.3 is 9.59 Å². The summed E-state index contributed by atoms with van der Waals surface area (Å²) in [5, 5.41) is 0. The van der Waals surface area contributed by atoms with Crippen LogP contribution in [0, 0.1) is 0 Å². The van der Waals surface area contributed by atoms with Crippen LogP contribution in [0.15, 0.2) is 0 Å². The van der Waals surface area contributed by atoms with Crippen LogP contribution in [0.4, 0.5) is 0 Å². The third kappa shape index (κ3) is 8.35. The van der Waals surface area contributed by atoms with E-state index in [1.165, 1.54) is 0 Å². The van der Waals surface area contributed by atoms with Crippen LogP contribution in [0.2, 0.25) is 38.3 Å². The quantitative estimate of drug-likeness (QED) is 0.641. The zero-order chi connectivity index (χ0) is 8.41. The lowest BCUT2D eigenvalue weighted by atomic mass is 10.9. The van der Waals surface area contributed by atoms with E-state index in [0.717, 1.165) is 12.1 Å². The summed E-state index contributed by atoms with van der Waals surface area (Å²) in [6, 6.07) is 1.67. The minimum atomic E-state index is -1.89. The number of hydrogen-bond donors (Lipinski definition) is 2. The summed E-state index contributed by atoms with van der Waals surface area (Å²) in [7, 11) is -3.78. The lowest BCUT2D eigenvalue weighted by Gasteiger charge is -2.19. The highest BCUT2D eigenvalue weighted by atomic mass is 28.4. The standard InChI is InChI=1S/C6H18O2Si2/c1-9(2,7)5-6-10(3,4)8/h7-8H,5-6H2,1-4H3. The van der Waals surface area contributed by atoms with Gasteiger partial charge in [-0.05, 0) is 38.3 Å². The van der Waals surface area contributed by atoms with Crippen LogP contribution in [0.3, 0.4) is 0 Å². The Labute approximate surface area is 65.2 Å². The molecule has 10 heavy (non-hydrogen) atoms. The number of hydrogen-bond acceptors (Lipinski definition) is 2. The maximum atomic E-state index is 9.43. The summed E-state index contributed by atoms with van der Waals surface area (Å²) in [6.45, 7) is 7.64. The monoisotopic (exact) mass is 178 g/mol. The van der Waals surface area contributed by atoms with Crippen molar-refractivity contribution in [3.63, 3.8) is 0 Å². The maximum Gasteiger partial charge on any atom is 0.182 e.